The molecule has 0 aliphatic carbocycles. The molecule has 1 aromatic heterocycles. The second kappa shape index (κ2) is 6.64. The summed E-state index contributed by atoms with van der Waals surface area (Å²) in [7, 11) is -1.44. The van der Waals surface area contributed by atoms with E-state index in [1.807, 2.05) is 0 Å². The molecule has 1 aliphatic rings. The van der Waals surface area contributed by atoms with Gasteiger partial charge in [-0.3, -0.25) is 4.79 Å². The van der Waals surface area contributed by atoms with E-state index < -0.39 is 9.84 Å². The smallest absolute Gasteiger partial charge is 0.224 e. The van der Waals surface area contributed by atoms with Crippen LogP contribution in [0.5, 0.6) is 5.75 Å². The van der Waals surface area contributed by atoms with Crippen LogP contribution in [0.15, 0.2) is 35.2 Å². The third-order valence-electron chi connectivity index (χ3n) is 3.98. The number of nitrogens with one attached hydrogen (secondary N) is 1. The van der Waals surface area contributed by atoms with Gasteiger partial charge in [-0.05, 0) is 24.5 Å². The number of sulfone groups is 1. The van der Waals surface area contributed by atoms with Crippen molar-refractivity contribution in [3.8, 4) is 17.1 Å². The van der Waals surface area contributed by atoms with Gasteiger partial charge in [-0.1, -0.05) is 0 Å². The van der Waals surface area contributed by atoms with E-state index in [-0.39, 0.29) is 29.8 Å². The quantitative estimate of drug-likeness (QED) is 0.887. The van der Waals surface area contributed by atoms with Crippen molar-refractivity contribution in [2.75, 3.05) is 23.9 Å². The van der Waals surface area contributed by atoms with Gasteiger partial charge in [0.25, 0.3) is 0 Å². The number of ether oxygens (including phenoxy) is 1. The van der Waals surface area contributed by atoms with E-state index in [9.17, 15) is 13.2 Å². The van der Waals surface area contributed by atoms with Gasteiger partial charge < -0.3 is 14.5 Å². The zero-order valence-electron chi connectivity index (χ0n) is 13.2. The SMILES string of the molecule is COc1cc(NC(=O)CC2CCS(=O)(=O)C2)ccc1-c1cnco1. The third-order valence-corrected chi connectivity index (χ3v) is 5.82. The summed E-state index contributed by atoms with van der Waals surface area (Å²) >= 11 is 0. The lowest BCUT2D eigenvalue weighted by molar-refractivity contribution is -0.116. The molecule has 1 N–H and O–H groups in total. The highest BCUT2D eigenvalue weighted by Crippen LogP contribution is 2.32. The minimum Gasteiger partial charge on any atom is -0.496 e. The standard InChI is InChI=1S/C16H18N2O5S/c1-22-14-7-12(2-3-13(14)15-8-17-10-23-15)18-16(19)6-11-4-5-24(20,21)9-11/h2-3,7-8,10-11H,4-6,9H2,1H3,(H,18,19). The van der Waals surface area contributed by atoms with Crippen molar-refractivity contribution in [1.29, 1.82) is 0 Å². The number of carbonyl (C=O) groups is 1. The van der Waals surface area contributed by atoms with Crippen LogP contribution < -0.4 is 10.1 Å². The molecule has 1 atom stereocenters. The number of rotatable bonds is 5. The molecule has 0 radical (unpaired) electrons. The number of hydrogen-bond donors (Lipinski definition) is 1. The largest absolute Gasteiger partial charge is 0.496 e. The van der Waals surface area contributed by atoms with Gasteiger partial charge in [0.05, 0.1) is 30.4 Å². The summed E-state index contributed by atoms with van der Waals surface area (Å²) in [6.07, 6.45) is 3.66. The number of amides is 1. The number of benzene rings is 1. The fraction of sp³-hybridized carbons (Fsp3) is 0.375. The van der Waals surface area contributed by atoms with Crippen molar-refractivity contribution in [3.63, 3.8) is 0 Å². The van der Waals surface area contributed by atoms with Crippen LogP contribution in [0.25, 0.3) is 11.3 Å². The topological polar surface area (TPSA) is 98.5 Å². The van der Waals surface area contributed by atoms with Crippen LogP contribution in [0.3, 0.4) is 0 Å². The zero-order chi connectivity index (χ0) is 17.2. The fourth-order valence-electron chi connectivity index (χ4n) is 2.83. The number of methoxy groups -OCH3 is 1. The molecule has 0 bridgehead atoms. The Labute approximate surface area is 140 Å². The van der Waals surface area contributed by atoms with Gasteiger partial charge >= 0.3 is 0 Å². The molecule has 0 spiro atoms. The Morgan fingerprint density at radius 3 is 2.92 bits per heavy atom. The lowest BCUT2D eigenvalue weighted by Gasteiger charge is -2.11. The van der Waals surface area contributed by atoms with E-state index in [2.05, 4.69) is 10.3 Å². The zero-order valence-corrected chi connectivity index (χ0v) is 14.0. The van der Waals surface area contributed by atoms with Crippen molar-refractivity contribution in [3.05, 3.63) is 30.8 Å². The summed E-state index contributed by atoms with van der Waals surface area (Å²) < 4.78 is 33.5. The molecular formula is C16H18N2O5S. The van der Waals surface area contributed by atoms with E-state index in [0.29, 0.717) is 23.6 Å². The highest BCUT2D eigenvalue weighted by atomic mass is 32.2. The Bertz CT molecular complexity index is 830. The lowest BCUT2D eigenvalue weighted by atomic mass is 10.0. The van der Waals surface area contributed by atoms with Crippen molar-refractivity contribution in [2.24, 2.45) is 5.92 Å². The molecule has 1 aliphatic heterocycles. The molecule has 2 heterocycles. The maximum absolute atomic E-state index is 12.1. The Morgan fingerprint density at radius 1 is 1.46 bits per heavy atom. The van der Waals surface area contributed by atoms with Crippen LogP contribution in [0.4, 0.5) is 5.69 Å². The van der Waals surface area contributed by atoms with Crippen LogP contribution in [-0.4, -0.2) is 37.9 Å². The van der Waals surface area contributed by atoms with E-state index >= 15 is 0 Å². The Morgan fingerprint density at radius 2 is 2.29 bits per heavy atom. The van der Waals surface area contributed by atoms with Crippen LogP contribution >= 0.6 is 0 Å². The second-order valence-corrected chi connectivity index (χ2v) is 8.03. The van der Waals surface area contributed by atoms with Crippen LogP contribution in [-0.2, 0) is 14.6 Å². The summed E-state index contributed by atoms with van der Waals surface area (Å²) in [5.41, 5.74) is 1.32. The molecule has 1 aromatic carbocycles. The maximum Gasteiger partial charge on any atom is 0.224 e. The van der Waals surface area contributed by atoms with E-state index in [1.165, 1.54) is 13.5 Å². The first-order chi connectivity index (χ1) is 11.5. The molecule has 0 saturated carbocycles. The molecule has 7 nitrogen and oxygen atoms in total. The number of hydrogen-bond acceptors (Lipinski definition) is 6. The molecule has 2 aromatic rings. The molecule has 1 saturated heterocycles. The predicted molar refractivity (Wildman–Crippen MR) is 88.5 cm³/mol. The molecule has 24 heavy (non-hydrogen) atoms. The lowest BCUT2D eigenvalue weighted by Crippen LogP contribution is -2.17. The summed E-state index contributed by atoms with van der Waals surface area (Å²) in [5, 5.41) is 2.78. The summed E-state index contributed by atoms with van der Waals surface area (Å²) in [4.78, 5) is 16.0. The monoisotopic (exact) mass is 350 g/mol. The molecule has 1 fully saturated rings. The van der Waals surface area contributed by atoms with Crippen LogP contribution in [0.1, 0.15) is 12.8 Å². The summed E-state index contributed by atoms with van der Waals surface area (Å²) in [6.45, 7) is 0. The van der Waals surface area contributed by atoms with Crippen LogP contribution in [0, 0.1) is 5.92 Å². The van der Waals surface area contributed by atoms with Gasteiger partial charge in [-0.2, -0.15) is 0 Å². The minimum absolute atomic E-state index is 0.0914. The molecule has 3 rings (SSSR count). The third kappa shape index (κ3) is 3.76. The second-order valence-electron chi connectivity index (χ2n) is 5.80. The highest BCUT2D eigenvalue weighted by molar-refractivity contribution is 7.91. The molecule has 8 heteroatoms. The number of oxazole rings is 1. The highest BCUT2D eigenvalue weighted by Gasteiger charge is 2.29. The predicted octanol–water partition coefficient (Wildman–Crippen LogP) is 2.11. The van der Waals surface area contributed by atoms with E-state index in [1.54, 1.807) is 24.4 Å². The van der Waals surface area contributed by atoms with Crippen molar-refractivity contribution in [1.82, 2.24) is 4.98 Å². The van der Waals surface area contributed by atoms with E-state index in [0.717, 1.165) is 5.56 Å². The summed E-state index contributed by atoms with van der Waals surface area (Å²) in [5.74, 6) is 1.07. The van der Waals surface area contributed by atoms with Crippen molar-refractivity contribution >= 4 is 21.4 Å². The first-order valence-electron chi connectivity index (χ1n) is 7.54. The van der Waals surface area contributed by atoms with Gasteiger partial charge in [0.1, 0.15) is 5.75 Å². The van der Waals surface area contributed by atoms with Gasteiger partial charge in [0.2, 0.25) is 5.91 Å². The number of nitrogens with zero attached hydrogens (tertiary/aromatic N) is 1. The molecule has 1 unspecified atom stereocenters. The number of anilines is 1. The van der Waals surface area contributed by atoms with Gasteiger partial charge in [-0.25, -0.2) is 13.4 Å². The summed E-state index contributed by atoms with van der Waals surface area (Å²) in [6, 6.07) is 5.21. The first kappa shape index (κ1) is 16.5. The maximum atomic E-state index is 12.1. The first-order valence-corrected chi connectivity index (χ1v) is 9.36. The van der Waals surface area contributed by atoms with Gasteiger partial charge in [0.15, 0.2) is 22.0 Å². The Kier molecular flexibility index (Phi) is 4.57. The minimum atomic E-state index is -2.97. The van der Waals surface area contributed by atoms with E-state index in [4.69, 9.17) is 9.15 Å². The van der Waals surface area contributed by atoms with Gasteiger partial charge in [0, 0.05) is 18.2 Å². The Balaban J connectivity index is 1.68. The number of carbonyl (C=O) groups excluding carboxylic acids is 1. The Hall–Kier alpha value is -2.35. The van der Waals surface area contributed by atoms with Crippen molar-refractivity contribution < 1.29 is 22.4 Å². The fourth-order valence-corrected chi connectivity index (χ4v) is 4.69. The van der Waals surface area contributed by atoms with Gasteiger partial charge in [-0.15, -0.1) is 0 Å². The molecule has 1 amide bonds. The van der Waals surface area contributed by atoms with Crippen molar-refractivity contribution in [2.45, 2.75) is 12.8 Å². The normalized spacial score (nSPS) is 19.1. The molecular weight excluding hydrogens is 332 g/mol. The molecule has 128 valence electrons. The average molecular weight is 350 g/mol. The number of aromatic nitrogens is 1. The van der Waals surface area contributed by atoms with Crippen LogP contribution in [0.2, 0.25) is 0 Å². The average Bonchev–Trinajstić information content (AvgIpc) is 3.16.